The zero-order valence-corrected chi connectivity index (χ0v) is 8.54. The molecule has 1 unspecified atom stereocenters. The number of aliphatic hydroxyl groups is 1. The van der Waals surface area contributed by atoms with E-state index in [1.54, 1.807) is 0 Å². The summed E-state index contributed by atoms with van der Waals surface area (Å²) in [4.78, 5) is 3.22. The fraction of sp³-hybridized carbons (Fsp3) is 0.333. The smallest absolute Gasteiger partial charge is 0.0552 e. The summed E-state index contributed by atoms with van der Waals surface area (Å²) in [6.45, 7) is 3.91. The van der Waals surface area contributed by atoms with Crippen LogP contribution in [0.15, 0.2) is 24.4 Å². The monoisotopic (exact) mass is 189 g/mol. The number of rotatable bonds is 2. The van der Waals surface area contributed by atoms with Gasteiger partial charge in [0.25, 0.3) is 0 Å². The second-order valence-corrected chi connectivity index (χ2v) is 3.86. The summed E-state index contributed by atoms with van der Waals surface area (Å²) in [5.74, 6) is 0. The van der Waals surface area contributed by atoms with Crippen LogP contribution in [0.25, 0.3) is 10.9 Å². The van der Waals surface area contributed by atoms with Crippen LogP contribution in [-0.4, -0.2) is 16.2 Å². The van der Waals surface area contributed by atoms with Gasteiger partial charge in [-0.25, -0.2) is 0 Å². The van der Waals surface area contributed by atoms with Crippen molar-refractivity contribution >= 4 is 10.9 Å². The van der Waals surface area contributed by atoms with E-state index in [1.165, 1.54) is 16.5 Å². The molecule has 1 heterocycles. The third-order valence-electron chi connectivity index (χ3n) is 2.50. The zero-order chi connectivity index (χ0) is 10.1. The Morgan fingerprint density at radius 1 is 1.43 bits per heavy atom. The lowest BCUT2D eigenvalue weighted by Crippen LogP contribution is -2.04. The van der Waals surface area contributed by atoms with E-state index in [0.29, 0.717) is 0 Å². The number of hydrogen-bond acceptors (Lipinski definition) is 1. The third-order valence-corrected chi connectivity index (χ3v) is 2.50. The van der Waals surface area contributed by atoms with Crippen LogP contribution in [0.4, 0.5) is 0 Å². The largest absolute Gasteiger partial charge is 0.393 e. The van der Waals surface area contributed by atoms with Crippen LogP contribution in [0.5, 0.6) is 0 Å². The van der Waals surface area contributed by atoms with Crippen molar-refractivity contribution in [2.24, 2.45) is 0 Å². The first-order valence-corrected chi connectivity index (χ1v) is 4.92. The van der Waals surface area contributed by atoms with Crippen LogP contribution < -0.4 is 0 Å². The van der Waals surface area contributed by atoms with E-state index in [1.807, 2.05) is 19.2 Å². The fourth-order valence-corrected chi connectivity index (χ4v) is 1.93. The van der Waals surface area contributed by atoms with Gasteiger partial charge in [-0.3, -0.25) is 0 Å². The first kappa shape index (κ1) is 9.28. The standard InChI is InChI=1S/C12H15NO/c1-8-7-13-11-5-3-4-10(12(8)11)6-9(2)14/h3-5,7,9,13-14H,6H2,1-2H3. The van der Waals surface area contributed by atoms with Crippen LogP contribution >= 0.6 is 0 Å². The Balaban J connectivity index is 2.57. The van der Waals surface area contributed by atoms with Crippen molar-refractivity contribution < 1.29 is 5.11 Å². The van der Waals surface area contributed by atoms with Crippen molar-refractivity contribution in [2.45, 2.75) is 26.4 Å². The average molecular weight is 189 g/mol. The molecule has 0 aliphatic carbocycles. The predicted octanol–water partition coefficient (Wildman–Crippen LogP) is 2.40. The van der Waals surface area contributed by atoms with E-state index in [9.17, 15) is 5.11 Å². The minimum Gasteiger partial charge on any atom is -0.393 e. The van der Waals surface area contributed by atoms with E-state index < -0.39 is 0 Å². The molecule has 0 bridgehead atoms. The molecule has 14 heavy (non-hydrogen) atoms. The highest BCUT2D eigenvalue weighted by atomic mass is 16.3. The fourth-order valence-electron chi connectivity index (χ4n) is 1.93. The van der Waals surface area contributed by atoms with Crippen LogP contribution in [0.3, 0.4) is 0 Å². The maximum absolute atomic E-state index is 9.38. The Hall–Kier alpha value is -1.28. The van der Waals surface area contributed by atoms with E-state index >= 15 is 0 Å². The molecule has 0 saturated carbocycles. The molecule has 2 heteroatoms. The number of aromatic amines is 1. The maximum Gasteiger partial charge on any atom is 0.0552 e. The third kappa shape index (κ3) is 1.53. The van der Waals surface area contributed by atoms with Gasteiger partial charge in [-0.15, -0.1) is 0 Å². The number of fused-ring (bicyclic) bond motifs is 1. The van der Waals surface area contributed by atoms with Gasteiger partial charge in [0.1, 0.15) is 0 Å². The molecular formula is C12H15NO. The molecule has 0 saturated heterocycles. The summed E-state index contributed by atoms with van der Waals surface area (Å²) in [6.07, 6.45) is 2.45. The highest BCUT2D eigenvalue weighted by molar-refractivity contribution is 5.86. The molecule has 0 aliphatic heterocycles. The second kappa shape index (κ2) is 3.46. The molecule has 2 nitrogen and oxygen atoms in total. The van der Waals surface area contributed by atoms with E-state index in [-0.39, 0.29) is 6.10 Å². The number of hydrogen-bond donors (Lipinski definition) is 2. The lowest BCUT2D eigenvalue weighted by Gasteiger charge is -2.06. The normalized spacial score (nSPS) is 13.4. The van der Waals surface area contributed by atoms with Gasteiger partial charge in [0.15, 0.2) is 0 Å². The van der Waals surface area contributed by atoms with Gasteiger partial charge in [0, 0.05) is 17.1 Å². The zero-order valence-electron chi connectivity index (χ0n) is 8.54. The summed E-state index contributed by atoms with van der Waals surface area (Å²) in [7, 11) is 0. The van der Waals surface area contributed by atoms with Gasteiger partial charge < -0.3 is 10.1 Å². The molecule has 0 amide bonds. The minimum atomic E-state index is -0.283. The average Bonchev–Trinajstić information content (AvgIpc) is 2.48. The molecule has 1 aromatic carbocycles. The van der Waals surface area contributed by atoms with Crippen molar-refractivity contribution in [3.63, 3.8) is 0 Å². The maximum atomic E-state index is 9.38. The molecule has 0 spiro atoms. The van der Waals surface area contributed by atoms with Crippen molar-refractivity contribution in [3.05, 3.63) is 35.5 Å². The Bertz CT molecular complexity index is 443. The molecule has 0 fully saturated rings. The summed E-state index contributed by atoms with van der Waals surface area (Å²) in [5, 5.41) is 10.6. The van der Waals surface area contributed by atoms with E-state index in [4.69, 9.17) is 0 Å². The molecule has 2 rings (SSSR count). The van der Waals surface area contributed by atoms with Gasteiger partial charge in [-0.2, -0.15) is 0 Å². The number of aromatic nitrogens is 1. The topological polar surface area (TPSA) is 36.0 Å². The molecule has 2 N–H and O–H groups in total. The highest BCUT2D eigenvalue weighted by Gasteiger charge is 2.07. The van der Waals surface area contributed by atoms with Crippen molar-refractivity contribution in [3.8, 4) is 0 Å². The van der Waals surface area contributed by atoms with Crippen LogP contribution in [-0.2, 0) is 6.42 Å². The lowest BCUT2D eigenvalue weighted by molar-refractivity contribution is 0.196. The summed E-state index contributed by atoms with van der Waals surface area (Å²) in [6, 6.07) is 6.17. The Kier molecular flexibility index (Phi) is 2.30. The molecule has 1 atom stereocenters. The molecule has 0 radical (unpaired) electrons. The van der Waals surface area contributed by atoms with Gasteiger partial charge in [0.05, 0.1) is 6.10 Å². The number of benzene rings is 1. The molecule has 74 valence electrons. The molecule has 0 aliphatic rings. The quantitative estimate of drug-likeness (QED) is 0.747. The number of nitrogens with one attached hydrogen (secondary N) is 1. The van der Waals surface area contributed by atoms with Gasteiger partial charge >= 0.3 is 0 Å². The lowest BCUT2D eigenvalue weighted by atomic mass is 10.0. The van der Waals surface area contributed by atoms with Crippen molar-refractivity contribution in [2.75, 3.05) is 0 Å². The Labute approximate surface area is 83.6 Å². The van der Waals surface area contributed by atoms with Crippen LogP contribution in [0.2, 0.25) is 0 Å². The van der Waals surface area contributed by atoms with E-state index in [2.05, 4.69) is 24.0 Å². The summed E-state index contributed by atoms with van der Waals surface area (Å²) in [5.41, 5.74) is 3.62. The number of aryl methyl sites for hydroxylation is 1. The Morgan fingerprint density at radius 3 is 2.93 bits per heavy atom. The summed E-state index contributed by atoms with van der Waals surface area (Å²) < 4.78 is 0. The SMILES string of the molecule is Cc1c[nH]c2cccc(CC(C)O)c12. The summed E-state index contributed by atoms with van der Waals surface area (Å²) >= 11 is 0. The van der Waals surface area contributed by atoms with Crippen molar-refractivity contribution in [1.29, 1.82) is 0 Å². The molecule has 1 aromatic heterocycles. The van der Waals surface area contributed by atoms with Gasteiger partial charge in [0.2, 0.25) is 0 Å². The minimum absolute atomic E-state index is 0.283. The van der Waals surface area contributed by atoms with Gasteiger partial charge in [-0.05, 0) is 37.5 Å². The van der Waals surface area contributed by atoms with Crippen LogP contribution in [0, 0.1) is 6.92 Å². The first-order valence-electron chi connectivity index (χ1n) is 4.92. The number of aliphatic hydroxyl groups excluding tert-OH is 1. The van der Waals surface area contributed by atoms with Crippen molar-refractivity contribution in [1.82, 2.24) is 4.98 Å². The Morgan fingerprint density at radius 2 is 2.21 bits per heavy atom. The number of H-pyrrole nitrogens is 1. The van der Waals surface area contributed by atoms with Crippen LogP contribution in [0.1, 0.15) is 18.1 Å². The van der Waals surface area contributed by atoms with Gasteiger partial charge in [-0.1, -0.05) is 12.1 Å². The molecular weight excluding hydrogens is 174 g/mol. The second-order valence-electron chi connectivity index (χ2n) is 3.86. The molecule has 2 aromatic rings. The predicted molar refractivity (Wildman–Crippen MR) is 58.4 cm³/mol. The first-order chi connectivity index (χ1) is 6.68. The van der Waals surface area contributed by atoms with E-state index in [0.717, 1.165) is 11.9 Å². The highest BCUT2D eigenvalue weighted by Crippen LogP contribution is 2.22.